The average Bonchev–Trinajstić information content (AvgIpc) is 3.21. The molecule has 1 unspecified atom stereocenters. The molecule has 0 aliphatic carbocycles. The van der Waals surface area contributed by atoms with E-state index in [1.54, 1.807) is 0 Å². The zero-order valence-electron chi connectivity index (χ0n) is 37.6. The van der Waals surface area contributed by atoms with E-state index in [1.807, 2.05) is 0 Å². The number of hydrogen-bond acceptors (Lipinski definition) is 6. The first-order valence-corrected chi connectivity index (χ1v) is 24.2. The Bertz CT molecular complexity index is 1010. The van der Waals surface area contributed by atoms with Crippen LogP contribution in [0.1, 0.15) is 239 Å². The molecule has 0 heterocycles. The first-order chi connectivity index (χ1) is 28.0. The van der Waals surface area contributed by atoms with Crippen LogP contribution in [-0.2, 0) is 28.6 Å². The van der Waals surface area contributed by atoms with Gasteiger partial charge in [-0.05, 0) is 89.9 Å². The van der Waals surface area contributed by atoms with E-state index in [2.05, 4.69) is 69.4 Å². The SMILES string of the molecule is CCCC/C=C\C=C/CCCCCC(=O)OCC(COC(=O)CCCCCCCCC/C=C\CCCCCC)OC(=O)CCCCC/C=C\CCCCCCCC. The fourth-order valence-corrected chi connectivity index (χ4v) is 6.58. The number of ether oxygens (including phenoxy) is 3. The lowest BCUT2D eigenvalue weighted by Gasteiger charge is -2.18. The predicted molar refractivity (Wildman–Crippen MR) is 242 cm³/mol. The lowest BCUT2D eigenvalue weighted by molar-refractivity contribution is -0.167. The molecule has 57 heavy (non-hydrogen) atoms. The molecule has 0 amide bonds. The molecule has 0 aliphatic heterocycles. The smallest absolute Gasteiger partial charge is 0.306 e. The summed E-state index contributed by atoms with van der Waals surface area (Å²) in [5.74, 6) is -0.938. The van der Waals surface area contributed by atoms with Crippen LogP contribution in [0.2, 0.25) is 0 Å². The van der Waals surface area contributed by atoms with Gasteiger partial charge in [0, 0.05) is 19.3 Å². The number of hydrogen-bond donors (Lipinski definition) is 0. The molecule has 0 aromatic rings. The third kappa shape index (κ3) is 44.3. The molecule has 0 N–H and O–H groups in total. The molecule has 6 heteroatoms. The van der Waals surface area contributed by atoms with E-state index in [1.165, 1.54) is 116 Å². The van der Waals surface area contributed by atoms with Crippen LogP contribution in [0.3, 0.4) is 0 Å². The van der Waals surface area contributed by atoms with Crippen molar-refractivity contribution in [2.24, 2.45) is 0 Å². The van der Waals surface area contributed by atoms with Gasteiger partial charge in [-0.1, -0.05) is 179 Å². The summed E-state index contributed by atoms with van der Waals surface area (Å²) in [7, 11) is 0. The zero-order chi connectivity index (χ0) is 41.5. The quantitative estimate of drug-likeness (QED) is 0.0201. The summed E-state index contributed by atoms with van der Waals surface area (Å²) in [6.07, 6.45) is 53.8. The minimum absolute atomic E-state index is 0.0896. The summed E-state index contributed by atoms with van der Waals surface area (Å²) in [6.45, 7) is 6.52. The van der Waals surface area contributed by atoms with E-state index in [4.69, 9.17) is 14.2 Å². The largest absolute Gasteiger partial charge is 0.462 e. The Morgan fingerprint density at radius 1 is 0.351 bits per heavy atom. The van der Waals surface area contributed by atoms with Crippen LogP contribution in [0.4, 0.5) is 0 Å². The van der Waals surface area contributed by atoms with Crippen molar-refractivity contribution in [2.75, 3.05) is 13.2 Å². The number of allylic oxidation sites excluding steroid dienone is 8. The van der Waals surface area contributed by atoms with Crippen molar-refractivity contribution in [3.05, 3.63) is 48.6 Å². The first kappa shape index (κ1) is 54.4. The van der Waals surface area contributed by atoms with Gasteiger partial charge in [0.1, 0.15) is 13.2 Å². The van der Waals surface area contributed by atoms with Crippen molar-refractivity contribution in [3.8, 4) is 0 Å². The zero-order valence-corrected chi connectivity index (χ0v) is 37.6. The Morgan fingerprint density at radius 2 is 0.649 bits per heavy atom. The Morgan fingerprint density at radius 3 is 1.07 bits per heavy atom. The Balaban J connectivity index is 4.42. The molecule has 0 saturated heterocycles. The van der Waals surface area contributed by atoms with E-state index in [0.717, 1.165) is 83.5 Å². The molecular weight excluding hydrogens is 709 g/mol. The molecular formula is C51H90O6. The van der Waals surface area contributed by atoms with E-state index < -0.39 is 6.10 Å². The summed E-state index contributed by atoms with van der Waals surface area (Å²) < 4.78 is 16.7. The molecule has 1 atom stereocenters. The number of rotatable bonds is 43. The second-order valence-corrected chi connectivity index (χ2v) is 16.0. The minimum Gasteiger partial charge on any atom is -0.462 e. The van der Waals surface area contributed by atoms with Crippen LogP contribution in [0.25, 0.3) is 0 Å². The van der Waals surface area contributed by atoms with Crippen LogP contribution in [-0.4, -0.2) is 37.2 Å². The van der Waals surface area contributed by atoms with Crippen LogP contribution in [0.5, 0.6) is 0 Å². The van der Waals surface area contributed by atoms with Crippen molar-refractivity contribution >= 4 is 17.9 Å². The number of carbonyl (C=O) groups is 3. The van der Waals surface area contributed by atoms with Crippen molar-refractivity contribution in [2.45, 2.75) is 245 Å². The number of esters is 3. The molecule has 0 aliphatic rings. The molecule has 0 rings (SSSR count). The van der Waals surface area contributed by atoms with Crippen molar-refractivity contribution in [1.29, 1.82) is 0 Å². The lowest BCUT2D eigenvalue weighted by Crippen LogP contribution is -2.30. The van der Waals surface area contributed by atoms with Gasteiger partial charge < -0.3 is 14.2 Å². The van der Waals surface area contributed by atoms with Gasteiger partial charge in [-0.2, -0.15) is 0 Å². The van der Waals surface area contributed by atoms with Gasteiger partial charge in [0.2, 0.25) is 0 Å². The second kappa shape index (κ2) is 46.1. The molecule has 6 nitrogen and oxygen atoms in total. The second-order valence-electron chi connectivity index (χ2n) is 16.0. The minimum atomic E-state index is -0.790. The van der Waals surface area contributed by atoms with Gasteiger partial charge in [0.15, 0.2) is 6.10 Å². The fourth-order valence-electron chi connectivity index (χ4n) is 6.58. The molecule has 0 fully saturated rings. The highest BCUT2D eigenvalue weighted by molar-refractivity contribution is 5.71. The monoisotopic (exact) mass is 799 g/mol. The predicted octanol–water partition coefficient (Wildman–Crippen LogP) is 15.5. The highest BCUT2D eigenvalue weighted by Crippen LogP contribution is 2.13. The fraction of sp³-hybridized carbons (Fsp3) is 0.784. The molecule has 0 bridgehead atoms. The van der Waals surface area contributed by atoms with E-state index in [9.17, 15) is 14.4 Å². The highest BCUT2D eigenvalue weighted by atomic mass is 16.6. The third-order valence-electron chi connectivity index (χ3n) is 10.3. The number of carbonyl (C=O) groups excluding carboxylic acids is 3. The van der Waals surface area contributed by atoms with Gasteiger partial charge in [0.05, 0.1) is 0 Å². The molecule has 0 aromatic heterocycles. The van der Waals surface area contributed by atoms with Gasteiger partial charge in [0.25, 0.3) is 0 Å². The molecule has 0 radical (unpaired) electrons. The summed E-state index contributed by atoms with van der Waals surface area (Å²) in [4.78, 5) is 37.8. The van der Waals surface area contributed by atoms with E-state index in [-0.39, 0.29) is 31.1 Å². The van der Waals surface area contributed by atoms with Crippen molar-refractivity contribution in [1.82, 2.24) is 0 Å². The van der Waals surface area contributed by atoms with Gasteiger partial charge in [-0.15, -0.1) is 0 Å². The van der Waals surface area contributed by atoms with Crippen LogP contribution >= 0.6 is 0 Å². The van der Waals surface area contributed by atoms with E-state index in [0.29, 0.717) is 19.3 Å². The summed E-state index contributed by atoms with van der Waals surface area (Å²) >= 11 is 0. The summed E-state index contributed by atoms with van der Waals surface area (Å²) in [6, 6.07) is 0. The summed E-state index contributed by atoms with van der Waals surface area (Å²) in [5.41, 5.74) is 0. The molecule has 0 saturated carbocycles. The highest BCUT2D eigenvalue weighted by Gasteiger charge is 2.19. The topological polar surface area (TPSA) is 78.9 Å². The maximum absolute atomic E-state index is 12.7. The Hall–Kier alpha value is -2.63. The molecule has 0 aromatic carbocycles. The third-order valence-corrected chi connectivity index (χ3v) is 10.3. The van der Waals surface area contributed by atoms with E-state index >= 15 is 0 Å². The lowest BCUT2D eigenvalue weighted by atomic mass is 10.1. The standard InChI is InChI=1S/C51H90O6/c1-4-7-10-13-16-19-22-24-25-27-29-32-35-38-41-44-50(53)56-47-48(46-55-49(52)43-40-37-34-31-28-21-18-15-12-9-6-3)57-51(54)45-42-39-36-33-30-26-23-20-17-14-11-8-5-2/h15,18-19,21-22,26,28,30,48H,4-14,16-17,20,23-25,27,29,31-47H2,1-3H3/b18-15-,22-19-,28-21-,30-26-. The number of unbranched alkanes of at least 4 members (excludes halogenated alkanes) is 25. The normalized spacial score (nSPS) is 12.4. The van der Waals surface area contributed by atoms with Crippen LogP contribution < -0.4 is 0 Å². The van der Waals surface area contributed by atoms with Gasteiger partial charge >= 0.3 is 17.9 Å². The first-order valence-electron chi connectivity index (χ1n) is 24.2. The Kier molecular flexibility index (Phi) is 43.9. The van der Waals surface area contributed by atoms with Crippen molar-refractivity contribution < 1.29 is 28.6 Å². The van der Waals surface area contributed by atoms with Crippen molar-refractivity contribution in [3.63, 3.8) is 0 Å². The van der Waals surface area contributed by atoms with Crippen LogP contribution in [0, 0.1) is 0 Å². The Labute approximate surface area is 352 Å². The van der Waals surface area contributed by atoms with Gasteiger partial charge in [-0.25, -0.2) is 0 Å². The van der Waals surface area contributed by atoms with Crippen LogP contribution in [0.15, 0.2) is 48.6 Å². The maximum Gasteiger partial charge on any atom is 0.306 e. The summed E-state index contributed by atoms with van der Waals surface area (Å²) in [5, 5.41) is 0. The molecule has 330 valence electrons. The average molecular weight is 799 g/mol. The maximum atomic E-state index is 12.7. The van der Waals surface area contributed by atoms with Gasteiger partial charge in [-0.3, -0.25) is 14.4 Å². The molecule has 0 spiro atoms.